The summed E-state index contributed by atoms with van der Waals surface area (Å²) in [4.78, 5) is 0. The maximum Gasteiger partial charge on any atom is 0.164 e. The minimum atomic E-state index is -0.794. The van der Waals surface area contributed by atoms with E-state index >= 15 is 0 Å². The van der Waals surface area contributed by atoms with Crippen molar-refractivity contribution in [2.24, 2.45) is 10.2 Å². The monoisotopic (exact) mass is 248 g/mol. The number of nitriles is 2. The third-order valence-corrected chi connectivity index (χ3v) is 2.98. The van der Waals surface area contributed by atoms with Crippen LogP contribution < -0.4 is 0 Å². The maximum absolute atomic E-state index is 9.20. The molecule has 0 spiro atoms. The zero-order chi connectivity index (χ0) is 14.1. The smallest absolute Gasteiger partial charge is 0.164 e. The Bertz CT molecular complexity index is 350. The summed E-state index contributed by atoms with van der Waals surface area (Å²) in [6.45, 7) is 7.69. The molecule has 0 saturated heterocycles. The van der Waals surface area contributed by atoms with E-state index in [0.29, 0.717) is 12.8 Å². The number of hydrogen-bond acceptors (Lipinski definition) is 4. The summed E-state index contributed by atoms with van der Waals surface area (Å²) in [6.07, 6.45) is 5.43. The Labute approximate surface area is 111 Å². The van der Waals surface area contributed by atoms with Gasteiger partial charge in [-0.3, -0.25) is 0 Å². The van der Waals surface area contributed by atoms with E-state index in [9.17, 15) is 5.26 Å². The summed E-state index contributed by atoms with van der Waals surface area (Å²) < 4.78 is 0. The van der Waals surface area contributed by atoms with E-state index in [1.807, 2.05) is 6.92 Å². The second-order valence-electron chi connectivity index (χ2n) is 5.18. The Kier molecular flexibility index (Phi) is 7.20. The lowest BCUT2D eigenvalue weighted by atomic mass is 9.97. The zero-order valence-electron chi connectivity index (χ0n) is 12.0. The lowest BCUT2D eigenvalue weighted by Crippen LogP contribution is -2.23. The molecule has 0 bridgehead atoms. The fraction of sp³-hybridized carbons (Fsp3) is 0.857. The Morgan fingerprint density at radius 1 is 0.833 bits per heavy atom. The molecule has 0 aromatic carbocycles. The lowest BCUT2D eigenvalue weighted by Gasteiger charge is -2.19. The summed E-state index contributed by atoms with van der Waals surface area (Å²) in [5.41, 5.74) is -1.58. The molecule has 18 heavy (non-hydrogen) atoms. The first kappa shape index (κ1) is 16.6. The van der Waals surface area contributed by atoms with Crippen LogP contribution in [0.3, 0.4) is 0 Å². The Balaban J connectivity index is 4.70. The second kappa shape index (κ2) is 7.82. The molecule has 0 aromatic rings. The van der Waals surface area contributed by atoms with Gasteiger partial charge < -0.3 is 0 Å². The molecule has 2 unspecified atom stereocenters. The topological polar surface area (TPSA) is 72.3 Å². The zero-order valence-corrected chi connectivity index (χ0v) is 12.0. The molecule has 0 N–H and O–H groups in total. The maximum atomic E-state index is 9.20. The number of hydrogen-bond donors (Lipinski definition) is 0. The van der Waals surface area contributed by atoms with E-state index in [4.69, 9.17) is 5.26 Å². The quantitative estimate of drug-likeness (QED) is 0.472. The summed E-state index contributed by atoms with van der Waals surface area (Å²) >= 11 is 0. The highest BCUT2D eigenvalue weighted by Gasteiger charge is 2.27. The number of rotatable bonds is 8. The average molecular weight is 248 g/mol. The molecule has 0 aliphatic rings. The molecule has 4 heteroatoms. The molecule has 0 amide bonds. The minimum Gasteiger partial charge on any atom is -0.196 e. The minimum absolute atomic E-state index is 0.670. The standard InChI is InChI=1S/C14H24N4/c1-5-7-8-10-14(4,12-16)18-17-13(3,11-15)9-6-2/h5-10H2,1-4H3. The molecular formula is C14H24N4. The van der Waals surface area contributed by atoms with Gasteiger partial charge in [-0.1, -0.05) is 33.1 Å². The van der Waals surface area contributed by atoms with E-state index < -0.39 is 11.1 Å². The molecule has 0 fully saturated rings. The number of nitrogens with zero attached hydrogens (tertiary/aromatic N) is 4. The van der Waals surface area contributed by atoms with Crippen LogP contribution in [0, 0.1) is 22.7 Å². The Hall–Kier alpha value is -1.42. The van der Waals surface area contributed by atoms with Gasteiger partial charge >= 0.3 is 0 Å². The van der Waals surface area contributed by atoms with E-state index in [2.05, 4.69) is 29.3 Å². The fourth-order valence-corrected chi connectivity index (χ4v) is 1.68. The van der Waals surface area contributed by atoms with Crippen molar-refractivity contribution in [3.63, 3.8) is 0 Å². The molecule has 0 rings (SSSR count). The summed E-state index contributed by atoms with van der Waals surface area (Å²) in [7, 11) is 0. The molecule has 0 aliphatic heterocycles. The second-order valence-corrected chi connectivity index (χ2v) is 5.18. The van der Waals surface area contributed by atoms with Gasteiger partial charge in [-0.15, -0.1) is 0 Å². The molecule has 0 heterocycles. The normalized spacial score (nSPS) is 17.7. The van der Waals surface area contributed by atoms with Crippen molar-refractivity contribution < 1.29 is 0 Å². The first-order chi connectivity index (χ1) is 8.45. The molecule has 4 nitrogen and oxygen atoms in total. The first-order valence-corrected chi connectivity index (χ1v) is 6.72. The summed E-state index contributed by atoms with van der Waals surface area (Å²) in [5.74, 6) is 0. The molecule has 0 aromatic heterocycles. The highest BCUT2D eigenvalue weighted by atomic mass is 15.2. The van der Waals surface area contributed by atoms with Crippen LogP contribution in [-0.2, 0) is 0 Å². The van der Waals surface area contributed by atoms with Crippen LogP contribution in [-0.4, -0.2) is 11.1 Å². The van der Waals surface area contributed by atoms with Gasteiger partial charge in [0.25, 0.3) is 0 Å². The van der Waals surface area contributed by atoms with Gasteiger partial charge in [-0.05, 0) is 33.1 Å². The van der Waals surface area contributed by atoms with Crippen LogP contribution in [0.2, 0.25) is 0 Å². The average Bonchev–Trinajstić information content (AvgIpc) is 2.37. The van der Waals surface area contributed by atoms with E-state index in [1.165, 1.54) is 0 Å². The van der Waals surface area contributed by atoms with Gasteiger partial charge in [0.05, 0.1) is 12.1 Å². The van der Waals surface area contributed by atoms with Crippen molar-refractivity contribution >= 4 is 0 Å². The van der Waals surface area contributed by atoms with Crippen molar-refractivity contribution in [2.75, 3.05) is 0 Å². The highest BCUT2D eigenvalue weighted by molar-refractivity contribution is 5.07. The van der Waals surface area contributed by atoms with Gasteiger partial charge in [0.15, 0.2) is 11.1 Å². The van der Waals surface area contributed by atoms with Gasteiger partial charge in [-0.2, -0.15) is 20.8 Å². The number of azo groups is 1. The van der Waals surface area contributed by atoms with E-state index in [1.54, 1.807) is 13.8 Å². The summed E-state index contributed by atoms with van der Waals surface area (Å²) in [6, 6.07) is 4.38. The molecule has 0 radical (unpaired) electrons. The largest absolute Gasteiger partial charge is 0.196 e. The van der Waals surface area contributed by atoms with Crippen molar-refractivity contribution in [3.8, 4) is 12.1 Å². The van der Waals surface area contributed by atoms with Crippen LogP contribution in [0.1, 0.15) is 66.2 Å². The third-order valence-electron chi connectivity index (χ3n) is 2.98. The lowest BCUT2D eigenvalue weighted by molar-refractivity contribution is 0.436. The fourth-order valence-electron chi connectivity index (χ4n) is 1.68. The first-order valence-electron chi connectivity index (χ1n) is 6.72. The molecule has 100 valence electrons. The van der Waals surface area contributed by atoms with Crippen molar-refractivity contribution in [1.82, 2.24) is 0 Å². The number of unbranched alkanes of at least 4 members (excludes halogenated alkanes) is 2. The highest BCUT2D eigenvalue weighted by Crippen LogP contribution is 2.23. The van der Waals surface area contributed by atoms with E-state index in [0.717, 1.165) is 25.7 Å². The summed E-state index contributed by atoms with van der Waals surface area (Å²) in [5, 5.41) is 26.6. The molecule has 0 aliphatic carbocycles. The molecule has 0 saturated carbocycles. The SMILES string of the molecule is CCCCCC(C)(C#N)N=NC(C)(C#N)CCC. The predicted octanol–water partition coefficient (Wildman–Crippen LogP) is 4.38. The van der Waals surface area contributed by atoms with Gasteiger partial charge in [0, 0.05) is 0 Å². The van der Waals surface area contributed by atoms with Crippen LogP contribution in [0.4, 0.5) is 0 Å². The van der Waals surface area contributed by atoms with Gasteiger partial charge in [0.1, 0.15) is 0 Å². The van der Waals surface area contributed by atoms with Crippen LogP contribution in [0.15, 0.2) is 10.2 Å². The van der Waals surface area contributed by atoms with Crippen molar-refractivity contribution in [2.45, 2.75) is 77.3 Å². The third kappa shape index (κ3) is 5.77. The Morgan fingerprint density at radius 2 is 1.33 bits per heavy atom. The molecule has 2 atom stereocenters. The van der Waals surface area contributed by atoms with Crippen LogP contribution >= 0.6 is 0 Å². The predicted molar refractivity (Wildman–Crippen MR) is 71.9 cm³/mol. The van der Waals surface area contributed by atoms with Gasteiger partial charge in [0.2, 0.25) is 0 Å². The van der Waals surface area contributed by atoms with Crippen LogP contribution in [0.25, 0.3) is 0 Å². The van der Waals surface area contributed by atoms with Gasteiger partial charge in [-0.25, -0.2) is 0 Å². The molecular weight excluding hydrogens is 224 g/mol. The van der Waals surface area contributed by atoms with Crippen LogP contribution in [0.5, 0.6) is 0 Å². The van der Waals surface area contributed by atoms with Crippen molar-refractivity contribution in [1.29, 1.82) is 10.5 Å². The van der Waals surface area contributed by atoms with E-state index in [-0.39, 0.29) is 0 Å². The Morgan fingerprint density at radius 3 is 1.72 bits per heavy atom. The van der Waals surface area contributed by atoms with Crippen molar-refractivity contribution in [3.05, 3.63) is 0 Å².